The van der Waals surface area contributed by atoms with Gasteiger partial charge in [-0.3, -0.25) is 4.79 Å². The summed E-state index contributed by atoms with van der Waals surface area (Å²) < 4.78 is 18.4. The lowest BCUT2D eigenvalue weighted by atomic mass is 10.1. The number of pyridine rings is 1. The largest absolute Gasteiger partial charge is 0.482 e. The van der Waals surface area contributed by atoms with E-state index in [4.69, 9.17) is 36.5 Å². The van der Waals surface area contributed by atoms with Crippen LogP contribution in [0.4, 0.5) is 5.82 Å². The summed E-state index contributed by atoms with van der Waals surface area (Å²) in [7, 11) is 1.66. The van der Waals surface area contributed by atoms with Gasteiger partial charge in [0.1, 0.15) is 23.0 Å². The summed E-state index contributed by atoms with van der Waals surface area (Å²) in [4.78, 5) is 36.0. The van der Waals surface area contributed by atoms with Crippen LogP contribution < -0.4 is 10.5 Å². The molecule has 0 aliphatic rings. The second-order valence-electron chi connectivity index (χ2n) is 10.3. The monoisotopic (exact) mass is 631 g/mol. The predicted octanol–water partition coefficient (Wildman–Crippen LogP) is 5.07. The van der Waals surface area contributed by atoms with E-state index in [1.54, 1.807) is 31.9 Å². The van der Waals surface area contributed by atoms with E-state index in [-0.39, 0.29) is 36.9 Å². The Morgan fingerprint density at radius 1 is 1.12 bits per heavy atom. The van der Waals surface area contributed by atoms with Crippen molar-refractivity contribution in [3.8, 4) is 5.75 Å². The number of aryl methyl sites for hydroxylation is 1. The molecule has 10 nitrogen and oxygen atoms in total. The number of carbonyl (C=O) groups is 2. The maximum absolute atomic E-state index is 12.9. The fourth-order valence-electron chi connectivity index (χ4n) is 4.95. The number of benzene rings is 2. The number of carbonyl (C=O) groups excluding carboxylic acids is 2. The SMILES string of the molecule is COCCc1nc2c(N)nc3ccccc3c2n1CCCN(Cc1cccc(OCC(=O)OC(C)C)c1C)C(=O)CCl.Cl. The molecule has 0 unspecified atom stereocenters. The fraction of sp³-hybridized carbons (Fsp3) is 0.419. The molecular weight excluding hydrogens is 593 g/mol. The van der Waals surface area contributed by atoms with Crippen molar-refractivity contribution in [2.45, 2.75) is 52.8 Å². The molecule has 12 heteroatoms. The first-order valence-electron chi connectivity index (χ1n) is 14.0. The summed E-state index contributed by atoms with van der Waals surface area (Å²) in [6.45, 7) is 7.24. The number of nitrogen functional groups attached to an aromatic ring is 1. The molecular formula is C31H39Cl2N5O5. The van der Waals surface area contributed by atoms with Gasteiger partial charge in [-0.25, -0.2) is 14.8 Å². The topological polar surface area (TPSA) is 122 Å². The second kappa shape index (κ2) is 15.7. The number of alkyl halides is 1. The van der Waals surface area contributed by atoms with Crippen LogP contribution in [0, 0.1) is 6.92 Å². The van der Waals surface area contributed by atoms with Crippen LogP contribution in [-0.2, 0) is 38.6 Å². The zero-order valence-corrected chi connectivity index (χ0v) is 26.5. The van der Waals surface area contributed by atoms with Crippen LogP contribution >= 0.6 is 24.0 Å². The van der Waals surface area contributed by atoms with Crippen molar-refractivity contribution in [1.82, 2.24) is 19.4 Å². The number of anilines is 1. The summed E-state index contributed by atoms with van der Waals surface area (Å²) in [6, 6.07) is 13.4. The average Bonchev–Trinajstić information content (AvgIpc) is 3.34. The first kappa shape index (κ1) is 33.9. The van der Waals surface area contributed by atoms with Crippen LogP contribution in [0.5, 0.6) is 5.75 Å². The maximum Gasteiger partial charge on any atom is 0.344 e. The second-order valence-corrected chi connectivity index (χ2v) is 10.6. The Bertz CT molecular complexity index is 1560. The van der Waals surface area contributed by atoms with E-state index >= 15 is 0 Å². The lowest BCUT2D eigenvalue weighted by molar-refractivity contribution is -0.149. The van der Waals surface area contributed by atoms with Crippen molar-refractivity contribution < 1.29 is 23.8 Å². The Balaban J connectivity index is 0.00000506. The summed E-state index contributed by atoms with van der Waals surface area (Å²) >= 11 is 6.01. The number of nitrogens with two attached hydrogens (primary N) is 1. The van der Waals surface area contributed by atoms with E-state index in [0.29, 0.717) is 56.2 Å². The van der Waals surface area contributed by atoms with Gasteiger partial charge in [-0.15, -0.1) is 24.0 Å². The quantitative estimate of drug-likeness (QED) is 0.151. The maximum atomic E-state index is 12.9. The van der Waals surface area contributed by atoms with Crippen LogP contribution in [0.3, 0.4) is 0 Å². The molecule has 0 fully saturated rings. The standard InChI is InChI=1S/C31H38ClN5O5.ClH/c1-20(2)42-28(39)19-41-25-12-7-9-22(21(25)3)18-36(27(38)17-32)14-8-15-37-26(13-16-40-4)35-29-30(37)23-10-5-6-11-24(23)34-31(29)33;/h5-7,9-12,20H,8,13-19H2,1-4H3,(H2,33,34);1H. The van der Waals surface area contributed by atoms with Crippen molar-refractivity contribution in [3.63, 3.8) is 0 Å². The zero-order valence-electron chi connectivity index (χ0n) is 25.0. The number of aromatic nitrogens is 3. The molecule has 0 saturated heterocycles. The number of hydrogen-bond donors (Lipinski definition) is 1. The molecule has 0 bridgehead atoms. The molecule has 232 valence electrons. The van der Waals surface area contributed by atoms with Crippen molar-refractivity contribution in [2.75, 3.05) is 38.5 Å². The average molecular weight is 633 g/mol. The molecule has 0 saturated carbocycles. The smallest absolute Gasteiger partial charge is 0.344 e. The number of para-hydroxylation sites is 1. The number of hydrogen-bond acceptors (Lipinski definition) is 8. The zero-order chi connectivity index (χ0) is 30.2. The molecule has 43 heavy (non-hydrogen) atoms. The number of imidazole rings is 1. The highest BCUT2D eigenvalue weighted by Gasteiger charge is 2.19. The van der Waals surface area contributed by atoms with E-state index in [1.165, 1.54) is 0 Å². The third-order valence-electron chi connectivity index (χ3n) is 6.97. The van der Waals surface area contributed by atoms with Gasteiger partial charge >= 0.3 is 5.97 Å². The fourth-order valence-corrected chi connectivity index (χ4v) is 5.12. The molecule has 1 amide bonds. The number of nitrogens with zero attached hydrogens (tertiary/aromatic N) is 4. The normalized spacial score (nSPS) is 11.1. The molecule has 2 aromatic carbocycles. The minimum absolute atomic E-state index is 0. The lowest BCUT2D eigenvalue weighted by Crippen LogP contribution is -2.33. The van der Waals surface area contributed by atoms with Gasteiger partial charge < -0.3 is 29.4 Å². The van der Waals surface area contributed by atoms with Crippen molar-refractivity contribution >= 4 is 63.6 Å². The van der Waals surface area contributed by atoms with Crippen LogP contribution in [0.25, 0.3) is 21.9 Å². The molecule has 2 N–H and O–H groups in total. The molecule has 0 atom stereocenters. The van der Waals surface area contributed by atoms with Crippen LogP contribution in [0.2, 0.25) is 0 Å². The van der Waals surface area contributed by atoms with Crippen molar-refractivity contribution in [3.05, 3.63) is 59.4 Å². The molecule has 0 radical (unpaired) electrons. The molecule has 0 aliphatic heterocycles. The van der Waals surface area contributed by atoms with E-state index in [2.05, 4.69) is 9.55 Å². The predicted molar refractivity (Wildman–Crippen MR) is 171 cm³/mol. The third-order valence-corrected chi connectivity index (χ3v) is 7.19. The Labute approximate surface area is 262 Å². The number of fused-ring (bicyclic) bond motifs is 3. The number of methoxy groups -OCH3 is 1. The summed E-state index contributed by atoms with van der Waals surface area (Å²) in [5, 5.41) is 0.969. The highest BCUT2D eigenvalue weighted by molar-refractivity contribution is 6.27. The number of halogens is 2. The molecule has 0 spiro atoms. The van der Waals surface area contributed by atoms with Gasteiger partial charge in [-0.05, 0) is 50.5 Å². The number of rotatable bonds is 14. The van der Waals surface area contributed by atoms with Gasteiger partial charge in [0.15, 0.2) is 12.4 Å². The highest BCUT2D eigenvalue weighted by Crippen LogP contribution is 2.29. The number of amides is 1. The van der Waals surface area contributed by atoms with E-state index in [1.807, 2.05) is 43.3 Å². The molecule has 2 aromatic heterocycles. The summed E-state index contributed by atoms with van der Waals surface area (Å²) in [5.74, 6) is 1.07. The number of ether oxygens (including phenoxy) is 3. The first-order valence-corrected chi connectivity index (χ1v) is 14.5. The van der Waals surface area contributed by atoms with Gasteiger partial charge in [-0.1, -0.05) is 30.3 Å². The lowest BCUT2D eigenvalue weighted by Gasteiger charge is -2.24. The Morgan fingerprint density at radius 2 is 1.88 bits per heavy atom. The molecule has 4 aromatic rings. The Kier molecular flexibility index (Phi) is 12.4. The van der Waals surface area contributed by atoms with Crippen molar-refractivity contribution in [1.29, 1.82) is 0 Å². The number of esters is 1. The van der Waals surface area contributed by atoms with Gasteiger partial charge in [0.2, 0.25) is 5.91 Å². The van der Waals surface area contributed by atoms with Crippen molar-refractivity contribution in [2.24, 2.45) is 0 Å². The van der Waals surface area contributed by atoms with E-state index in [9.17, 15) is 9.59 Å². The van der Waals surface area contributed by atoms with Crippen LogP contribution in [0.1, 0.15) is 37.2 Å². The minimum Gasteiger partial charge on any atom is -0.482 e. The first-order chi connectivity index (χ1) is 20.2. The van der Waals surface area contributed by atoms with E-state index < -0.39 is 5.97 Å². The van der Waals surface area contributed by atoms with Gasteiger partial charge in [0, 0.05) is 38.6 Å². The Hall–Kier alpha value is -3.60. The van der Waals surface area contributed by atoms with Gasteiger partial charge in [-0.2, -0.15) is 0 Å². The molecule has 0 aliphatic carbocycles. The van der Waals surface area contributed by atoms with Gasteiger partial charge in [0.25, 0.3) is 0 Å². The molecule has 2 heterocycles. The highest BCUT2D eigenvalue weighted by atomic mass is 35.5. The van der Waals surface area contributed by atoms with Gasteiger partial charge in [0.05, 0.1) is 23.7 Å². The Morgan fingerprint density at radius 3 is 2.60 bits per heavy atom. The minimum atomic E-state index is -0.434. The summed E-state index contributed by atoms with van der Waals surface area (Å²) in [6.07, 6.45) is 1.05. The van der Waals surface area contributed by atoms with E-state index in [0.717, 1.165) is 33.4 Å². The summed E-state index contributed by atoms with van der Waals surface area (Å²) in [5.41, 5.74) is 10.5. The van der Waals surface area contributed by atoms with Crippen LogP contribution in [-0.4, -0.2) is 70.2 Å². The molecule has 4 rings (SSSR count). The third kappa shape index (κ3) is 8.28. The van der Waals surface area contributed by atoms with Crippen LogP contribution in [0.15, 0.2) is 42.5 Å².